The molecular formula is C19H33NO2. The third kappa shape index (κ3) is 4.31. The zero-order chi connectivity index (χ0) is 17.0. The third-order valence-electron chi connectivity index (χ3n) is 4.25. The van der Waals surface area contributed by atoms with E-state index in [-0.39, 0.29) is 0 Å². The average Bonchev–Trinajstić information content (AvgIpc) is 2.44. The molecule has 1 aromatic rings. The van der Waals surface area contributed by atoms with Crippen molar-refractivity contribution in [3.63, 3.8) is 0 Å². The lowest BCUT2D eigenvalue weighted by Crippen LogP contribution is -2.31. The summed E-state index contributed by atoms with van der Waals surface area (Å²) in [6.07, 6.45) is -1.66. The number of benzene rings is 1. The van der Waals surface area contributed by atoms with Crippen molar-refractivity contribution in [2.75, 3.05) is 13.6 Å². The van der Waals surface area contributed by atoms with Gasteiger partial charge in [0, 0.05) is 6.54 Å². The van der Waals surface area contributed by atoms with Gasteiger partial charge in [-0.15, -0.1) is 0 Å². The number of aliphatic hydroxyl groups excluding tert-OH is 2. The van der Waals surface area contributed by atoms with Gasteiger partial charge in [-0.3, -0.25) is 0 Å². The van der Waals surface area contributed by atoms with Crippen molar-refractivity contribution in [2.24, 2.45) is 0 Å². The van der Waals surface area contributed by atoms with E-state index in [9.17, 15) is 10.2 Å². The van der Waals surface area contributed by atoms with Gasteiger partial charge < -0.3 is 15.5 Å². The van der Waals surface area contributed by atoms with Crippen LogP contribution in [0.15, 0.2) is 12.1 Å². The largest absolute Gasteiger partial charge is 0.389 e. The van der Waals surface area contributed by atoms with Gasteiger partial charge in [0.05, 0.1) is 6.10 Å². The molecule has 0 saturated carbocycles. The Bertz CT molecular complexity index is 451. The van der Waals surface area contributed by atoms with Crippen LogP contribution in [-0.4, -0.2) is 29.9 Å². The highest BCUT2D eigenvalue weighted by molar-refractivity contribution is 5.45. The molecule has 22 heavy (non-hydrogen) atoms. The van der Waals surface area contributed by atoms with Gasteiger partial charge in [-0.1, -0.05) is 53.7 Å². The van der Waals surface area contributed by atoms with Crippen molar-refractivity contribution in [3.8, 4) is 0 Å². The van der Waals surface area contributed by atoms with Crippen molar-refractivity contribution in [1.82, 2.24) is 5.32 Å². The van der Waals surface area contributed by atoms with Crippen molar-refractivity contribution in [1.29, 1.82) is 0 Å². The molecule has 0 fully saturated rings. The predicted octanol–water partition coefficient (Wildman–Crippen LogP) is 3.67. The second kappa shape index (κ2) is 8.09. The SMILES string of the molecule is CNCC(O)C(O)c1c(C(C)C)cc(C(C)C)cc1C(C)C. The summed E-state index contributed by atoms with van der Waals surface area (Å²) < 4.78 is 0. The van der Waals surface area contributed by atoms with E-state index in [2.05, 4.69) is 59.0 Å². The lowest BCUT2D eigenvalue weighted by atomic mass is 9.81. The summed E-state index contributed by atoms with van der Waals surface area (Å²) in [7, 11) is 1.78. The fraction of sp³-hybridized carbons (Fsp3) is 0.684. The molecule has 1 rings (SSSR count). The van der Waals surface area contributed by atoms with Crippen LogP contribution in [-0.2, 0) is 0 Å². The first-order chi connectivity index (χ1) is 10.2. The molecule has 3 N–H and O–H groups in total. The smallest absolute Gasteiger partial charge is 0.107 e. The second-order valence-electron chi connectivity index (χ2n) is 7.15. The second-order valence-corrected chi connectivity index (χ2v) is 7.15. The Hall–Kier alpha value is -0.900. The molecule has 0 spiro atoms. The number of aliphatic hydroxyl groups is 2. The summed E-state index contributed by atoms with van der Waals surface area (Å²) >= 11 is 0. The third-order valence-corrected chi connectivity index (χ3v) is 4.25. The Kier molecular flexibility index (Phi) is 7.04. The molecule has 1 aromatic carbocycles. The molecule has 0 saturated heterocycles. The standard InChI is InChI=1S/C19H33NO2/c1-11(2)14-8-15(12(3)4)18(16(9-14)13(5)6)19(22)17(21)10-20-7/h8-9,11-13,17,19-22H,10H2,1-7H3. The Morgan fingerprint density at radius 1 is 0.864 bits per heavy atom. The van der Waals surface area contributed by atoms with Gasteiger partial charge in [-0.25, -0.2) is 0 Å². The minimum atomic E-state index is -0.858. The van der Waals surface area contributed by atoms with E-state index in [0.29, 0.717) is 24.3 Å². The molecule has 0 amide bonds. The molecule has 2 unspecified atom stereocenters. The van der Waals surface area contributed by atoms with Gasteiger partial charge in [0.25, 0.3) is 0 Å². The first-order valence-electron chi connectivity index (χ1n) is 8.39. The monoisotopic (exact) mass is 307 g/mol. The van der Waals surface area contributed by atoms with Crippen molar-refractivity contribution in [3.05, 3.63) is 34.4 Å². The van der Waals surface area contributed by atoms with Crippen LogP contribution in [0.5, 0.6) is 0 Å². The molecule has 3 nitrogen and oxygen atoms in total. The summed E-state index contributed by atoms with van der Waals surface area (Å²) in [5, 5.41) is 23.9. The summed E-state index contributed by atoms with van der Waals surface area (Å²) in [4.78, 5) is 0. The van der Waals surface area contributed by atoms with E-state index < -0.39 is 12.2 Å². The van der Waals surface area contributed by atoms with Gasteiger partial charge in [-0.05, 0) is 47.1 Å². The Balaban J connectivity index is 3.50. The summed E-state index contributed by atoms with van der Waals surface area (Å²) in [5.41, 5.74) is 4.51. The Morgan fingerprint density at radius 2 is 1.32 bits per heavy atom. The van der Waals surface area contributed by atoms with Crippen LogP contribution < -0.4 is 5.32 Å². The first kappa shape index (κ1) is 19.1. The summed E-state index contributed by atoms with van der Waals surface area (Å²) in [5.74, 6) is 1.06. The number of nitrogens with one attached hydrogen (secondary N) is 1. The minimum absolute atomic E-state index is 0.308. The van der Waals surface area contributed by atoms with Gasteiger partial charge >= 0.3 is 0 Å². The Labute approximate surface area is 135 Å². The van der Waals surface area contributed by atoms with Crippen molar-refractivity contribution >= 4 is 0 Å². The van der Waals surface area contributed by atoms with E-state index in [1.54, 1.807) is 7.05 Å². The fourth-order valence-electron chi connectivity index (χ4n) is 2.87. The zero-order valence-electron chi connectivity index (χ0n) is 15.1. The van der Waals surface area contributed by atoms with Crippen LogP contribution in [0.4, 0.5) is 0 Å². The lowest BCUT2D eigenvalue weighted by Gasteiger charge is -2.28. The van der Waals surface area contributed by atoms with Crippen LogP contribution in [0.1, 0.15) is 87.7 Å². The molecule has 0 aliphatic rings. The fourth-order valence-corrected chi connectivity index (χ4v) is 2.87. The molecule has 0 heterocycles. The maximum absolute atomic E-state index is 10.7. The van der Waals surface area contributed by atoms with E-state index in [4.69, 9.17) is 0 Å². The molecule has 126 valence electrons. The maximum Gasteiger partial charge on any atom is 0.107 e. The van der Waals surface area contributed by atoms with Crippen molar-refractivity contribution in [2.45, 2.75) is 71.5 Å². The van der Waals surface area contributed by atoms with E-state index in [1.165, 1.54) is 5.56 Å². The normalized spacial score (nSPS) is 14.9. The highest BCUT2D eigenvalue weighted by Gasteiger charge is 2.26. The molecular weight excluding hydrogens is 274 g/mol. The average molecular weight is 307 g/mol. The van der Waals surface area contributed by atoms with E-state index in [0.717, 1.165) is 16.7 Å². The van der Waals surface area contributed by atoms with Crippen LogP contribution in [0, 0.1) is 0 Å². The van der Waals surface area contributed by atoms with Crippen LogP contribution in [0.2, 0.25) is 0 Å². The summed E-state index contributed by atoms with van der Waals surface area (Å²) in [6, 6.07) is 4.40. The highest BCUT2D eigenvalue weighted by atomic mass is 16.3. The number of rotatable bonds is 7. The van der Waals surface area contributed by atoms with Crippen molar-refractivity contribution < 1.29 is 10.2 Å². The van der Waals surface area contributed by atoms with E-state index in [1.807, 2.05) is 0 Å². The molecule has 0 bridgehead atoms. The quantitative estimate of drug-likeness (QED) is 0.720. The number of hydrogen-bond acceptors (Lipinski definition) is 3. The van der Waals surface area contributed by atoms with Gasteiger partial charge in [0.2, 0.25) is 0 Å². The minimum Gasteiger partial charge on any atom is -0.389 e. The topological polar surface area (TPSA) is 52.5 Å². The first-order valence-corrected chi connectivity index (χ1v) is 8.39. The van der Waals surface area contributed by atoms with Crippen LogP contribution in [0.25, 0.3) is 0 Å². The molecule has 0 aliphatic carbocycles. The highest BCUT2D eigenvalue weighted by Crippen LogP contribution is 2.36. The molecule has 2 atom stereocenters. The van der Waals surface area contributed by atoms with E-state index >= 15 is 0 Å². The molecule has 3 heteroatoms. The zero-order valence-corrected chi connectivity index (χ0v) is 15.1. The maximum atomic E-state index is 10.7. The lowest BCUT2D eigenvalue weighted by molar-refractivity contribution is 0.0189. The van der Waals surface area contributed by atoms with Gasteiger partial charge in [0.15, 0.2) is 0 Å². The molecule has 0 radical (unpaired) electrons. The molecule has 0 aromatic heterocycles. The van der Waals surface area contributed by atoms with Crippen LogP contribution in [0.3, 0.4) is 0 Å². The number of likely N-dealkylation sites (N-methyl/N-ethyl adjacent to an activating group) is 1. The van der Waals surface area contributed by atoms with Gasteiger partial charge in [0.1, 0.15) is 6.10 Å². The number of hydrogen-bond donors (Lipinski definition) is 3. The van der Waals surface area contributed by atoms with Gasteiger partial charge in [-0.2, -0.15) is 0 Å². The van der Waals surface area contributed by atoms with Crippen LogP contribution >= 0.6 is 0 Å². The predicted molar refractivity (Wildman–Crippen MR) is 93.6 cm³/mol. The molecule has 0 aliphatic heterocycles. The Morgan fingerprint density at radius 3 is 1.64 bits per heavy atom. The summed E-state index contributed by atoms with van der Waals surface area (Å²) in [6.45, 7) is 13.3.